The minimum absolute atomic E-state index is 0.0862. The molecule has 1 amide bonds. The molecule has 2 heterocycles. The molecule has 0 aliphatic heterocycles. The van der Waals surface area contributed by atoms with Crippen LogP contribution in [-0.2, 0) is 25.5 Å². The van der Waals surface area contributed by atoms with Gasteiger partial charge in [-0.05, 0) is 50.1 Å². The molecule has 0 aliphatic carbocycles. The topological polar surface area (TPSA) is 96.0 Å². The summed E-state index contributed by atoms with van der Waals surface area (Å²) in [6.45, 7) is 6.08. The predicted molar refractivity (Wildman–Crippen MR) is 136 cm³/mol. The van der Waals surface area contributed by atoms with Gasteiger partial charge in [-0.15, -0.1) is 10.2 Å². The molecule has 1 N–H and O–H groups in total. The maximum Gasteiger partial charge on any atom is 0.295 e. The summed E-state index contributed by atoms with van der Waals surface area (Å²) in [6.07, 6.45) is 0. The number of aromatic nitrogens is 5. The summed E-state index contributed by atoms with van der Waals surface area (Å²) in [5, 5.41) is 11.7. The number of para-hydroxylation sites is 1. The molecule has 0 spiro atoms. The van der Waals surface area contributed by atoms with Crippen LogP contribution in [0.15, 0.2) is 58.5 Å². The van der Waals surface area contributed by atoms with Crippen LogP contribution < -0.4 is 15.6 Å². The van der Waals surface area contributed by atoms with Crippen molar-refractivity contribution >= 4 is 23.4 Å². The van der Waals surface area contributed by atoms with Crippen LogP contribution >= 0.6 is 11.8 Å². The lowest BCUT2D eigenvalue weighted by atomic mass is 10.1. The maximum atomic E-state index is 13.0. The molecule has 0 atom stereocenters. The normalized spacial score (nSPS) is 11.0. The largest absolute Gasteiger partial charge is 0.485 e. The Morgan fingerprint density at radius 3 is 2.54 bits per heavy atom. The molecule has 2 aromatic carbocycles. The lowest BCUT2D eigenvalue weighted by Gasteiger charge is -2.10. The first kappa shape index (κ1) is 24.3. The number of carbonyl (C=O) groups excluding carboxylic acids is 1. The molecule has 2 aromatic heterocycles. The van der Waals surface area contributed by atoms with Crippen LogP contribution in [0.1, 0.15) is 22.6 Å². The smallest absolute Gasteiger partial charge is 0.295 e. The molecule has 35 heavy (non-hydrogen) atoms. The first-order chi connectivity index (χ1) is 16.8. The van der Waals surface area contributed by atoms with Crippen LogP contribution in [0.3, 0.4) is 0 Å². The summed E-state index contributed by atoms with van der Waals surface area (Å²) in [6, 6.07) is 15.3. The Kier molecular flexibility index (Phi) is 7.11. The van der Waals surface area contributed by atoms with Gasteiger partial charge in [0.15, 0.2) is 11.0 Å². The highest BCUT2D eigenvalue weighted by Gasteiger charge is 2.19. The fourth-order valence-electron chi connectivity index (χ4n) is 3.62. The van der Waals surface area contributed by atoms with Gasteiger partial charge in [-0.1, -0.05) is 42.1 Å². The van der Waals surface area contributed by atoms with Crippen LogP contribution in [0.25, 0.3) is 5.69 Å². The molecule has 0 bridgehead atoms. The summed E-state index contributed by atoms with van der Waals surface area (Å²) in [4.78, 5) is 25.7. The van der Waals surface area contributed by atoms with Gasteiger partial charge in [-0.2, -0.15) is 0 Å². The number of benzene rings is 2. The van der Waals surface area contributed by atoms with Gasteiger partial charge in [0.25, 0.3) is 5.56 Å². The minimum Gasteiger partial charge on any atom is -0.485 e. The highest BCUT2D eigenvalue weighted by molar-refractivity contribution is 7.99. The Morgan fingerprint density at radius 1 is 1.06 bits per heavy atom. The Bertz CT molecular complexity index is 1420. The SMILES string of the molecule is Cc1ccc(C)c(OCc2nnc(SCC(=O)Nc3c(C)n(C)n(-c4ccccc4)c3=O)n2C)c1. The van der Waals surface area contributed by atoms with Gasteiger partial charge < -0.3 is 14.6 Å². The van der Waals surface area contributed by atoms with E-state index in [1.807, 2.05) is 69.4 Å². The predicted octanol–water partition coefficient (Wildman–Crippen LogP) is 3.54. The number of aryl methyl sites for hydroxylation is 2. The number of nitrogens with one attached hydrogen (secondary N) is 1. The molecule has 0 radical (unpaired) electrons. The van der Waals surface area contributed by atoms with E-state index in [2.05, 4.69) is 15.5 Å². The third-order valence-corrected chi connectivity index (χ3v) is 6.80. The average Bonchev–Trinajstić information content (AvgIpc) is 3.30. The Labute approximate surface area is 207 Å². The van der Waals surface area contributed by atoms with Gasteiger partial charge in [-0.3, -0.25) is 14.3 Å². The molecular weight excluding hydrogens is 464 g/mol. The van der Waals surface area contributed by atoms with E-state index >= 15 is 0 Å². The first-order valence-electron chi connectivity index (χ1n) is 11.1. The molecule has 182 valence electrons. The highest BCUT2D eigenvalue weighted by Crippen LogP contribution is 2.22. The third kappa shape index (κ3) is 5.17. The second-order valence-electron chi connectivity index (χ2n) is 8.29. The molecule has 0 fully saturated rings. The van der Waals surface area contributed by atoms with E-state index in [4.69, 9.17) is 4.74 Å². The monoisotopic (exact) mass is 492 g/mol. The average molecular weight is 493 g/mol. The van der Waals surface area contributed by atoms with E-state index in [-0.39, 0.29) is 29.5 Å². The lowest BCUT2D eigenvalue weighted by Crippen LogP contribution is -2.23. The zero-order chi connectivity index (χ0) is 25.1. The van der Waals surface area contributed by atoms with E-state index in [0.29, 0.717) is 16.7 Å². The molecule has 0 unspecified atom stereocenters. The van der Waals surface area contributed by atoms with Gasteiger partial charge in [0.1, 0.15) is 18.0 Å². The molecule has 0 aliphatic rings. The number of hydrogen-bond donors (Lipinski definition) is 1. The van der Waals surface area contributed by atoms with Crippen LogP contribution in [0, 0.1) is 20.8 Å². The standard InChI is InChI=1S/C25H28N6O3S/c1-16-11-12-17(2)20(13-16)34-14-21-27-28-25(29(21)4)35-15-22(32)26-23-18(3)30(5)31(24(23)33)19-9-7-6-8-10-19/h6-13H,14-15H2,1-5H3,(H,26,32). The number of amides is 1. The van der Waals surface area contributed by atoms with Gasteiger partial charge in [0, 0.05) is 14.1 Å². The molecule has 4 aromatic rings. The van der Waals surface area contributed by atoms with Crippen molar-refractivity contribution in [2.75, 3.05) is 11.1 Å². The summed E-state index contributed by atoms with van der Waals surface area (Å²) in [5.74, 6) is 1.25. The van der Waals surface area contributed by atoms with E-state index in [1.165, 1.54) is 16.4 Å². The molecule has 0 saturated heterocycles. The van der Waals surface area contributed by atoms with E-state index in [9.17, 15) is 9.59 Å². The molecule has 10 heteroatoms. The van der Waals surface area contributed by atoms with Crippen molar-refractivity contribution in [1.29, 1.82) is 0 Å². The molecule has 9 nitrogen and oxygen atoms in total. The number of thioether (sulfide) groups is 1. The number of carbonyl (C=O) groups is 1. The lowest BCUT2D eigenvalue weighted by molar-refractivity contribution is -0.113. The number of ether oxygens (including phenoxy) is 1. The fourth-order valence-corrected chi connectivity index (χ4v) is 4.35. The zero-order valence-electron chi connectivity index (χ0n) is 20.4. The van der Waals surface area contributed by atoms with E-state index < -0.39 is 0 Å². The van der Waals surface area contributed by atoms with Crippen LogP contribution in [-0.4, -0.2) is 35.8 Å². The highest BCUT2D eigenvalue weighted by atomic mass is 32.2. The van der Waals surface area contributed by atoms with Gasteiger partial charge in [0.2, 0.25) is 5.91 Å². The van der Waals surface area contributed by atoms with Gasteiger partial charge in [-0.25, -0.2) is 4.68 Å². The summed E-state index contributed by atoms with van der Waals surface area (Å²) in [5.41, 5.74) is 3.55. The zero-order valence-corrected chi connectivity index (χ0v) is 21.2. The maximum absolute atomic E-state index is 13.0. The van der Waals surface area contributed by atoms with Crippen molar-refractivity contribution < 1.29 is 9.53 Å². The third-order valence-electron chi connectivity index (χ3n) is 5.78. The second kappa shape index (κ2) is 10.2. The molecule has 0 saturated carbocycles. The van der Waals surface area contributed by atoms with Crippen molar-refractivity contribution in [3.05, 3.63) is 81.5 Å². The van der Waals surface area contributed by atoms with E-state index in [1.54, 1.807) is 23.2 Å². The Hall–Kier alpha value is -3.79. The second-order valence-corrected chi connectivity index (χ2v) is 9.23. The van der Waals surface area contributed by atoms with Crippen LogP contribution in [0.4, 0.5) is 5.69 Å². The van der Waals surface area contributed by atoms with Crippen molar-refractivity contribution in [3.8, 4) is 11.4 Å². The van der Waals surface area contributed by atoms with Gasteiger partial charge in [0.05, 0.1) is 17.1 Å². The van der Waals surface area contributed by atoms with Crippen molar-refractivity contribution in [2.45, 2.75) is 32.5 Å². The van der Waals surface area contributed by atoms with Crippen molar-refractivity contribution in [1.82, 2.24) is 24.1 Å². The quantitative estimate of drug-likeness (QED) is 0.378. The first-order valence-corrected chi connectivity index (χ1v) is 12.1. The van der Waals surface area contributed by atoms with Crippen LogP contribution in [0.2, 0.25) is 0 Å². The van der Waals surface area contributed by atoms with Gasteiger partial charge >= 0.3 is 0 Å². The minimum atomic E-state index is -0.294. The summed E-state index contributed by atoms with van der Waals surface area (Å²) >= 11 is 1.25. The number of rotatable bonds is 8. The van der Waals surface area contributed by atoms with Crippen LogP contribution in [0.5, 0.6) is 5.75 Å². The van der Waals surface area contributed by atoms with Crippen molar-refractivity contribution in [3.63, 3.8) is 0 Å². The summed E-state index contributed by atoms with van der Waals surface area (Å²) < 4.78 is 11.0. The molecular formula is C25H28N6O3S. The Morgan fingerprint density at radius 2 is 1.80 bits per heavy atom. The van der Waals surface area contributed by atoms with E-state index in [0.717, 1.165) is 22.6 Å². The number of nitrogens with zero attached hydrogens (tertiary/aromatic N) is 5. The van der Waals surface area contributed by atoms with Crippen molar-refractivity contribution in [2.24, 2.45) is 14.1 Å². The summed E-state index contributed by atoms with van der Waals surface area (Å²) in [7, 11) is 3.62. The Balaban J connectivity index is 1.40. The number of hydrogen-bond acceptors (Lipinski definition) is 6. The molecule has 4 rings (SSSR count). The number of anilines is 1. The fraction of sp³-hybridized carbons (Fsp3) is 0.280.